The monoisotopic (exact) mass is 980 g/mol. The number of anilines is 3. The van der Waals surface area contributed by atoms with Crippen LogP contribution in [-0.4, -0.2) is 0 Å². The number of hydrogen-bond donors (Lipinski definition) is 0. The van der Waals surface area contributed by atoms with Crippen LogP contribution in [0.3, 0.4) is 0 Å². The van der Waals surface area contributed by atoms with Crippen LogP contribution < -0.4 is 4.90 Å². The third-order valence-corrected chi connectivity index (χ3v) is 18.2. The van der Waals surface area contributed by atoms with E-state index in [1.54, 1.807) is 0 Å². The summed E-state index contributed by atoms with van der Waals surface area (Å²) in [5.74, 6) is 0. The molecule has 0 N–H and O–H groups in total. The second-order valence-corrected chi connectivity index (χ2v) is 25.3. The molecule has 14 rings (SSSR count). The molecule has 0 aliphatic heterocycles. The summed E-state index contributed by atoms with van der Waals surface area (Å²) >= 11 is 0. The number of hydrogen-bond acceptors (Lipinski definition) is 1. The highest BCUT2D eigenvalue weighted by molar-refractivity contribution is 6.02. The lowest BCUT2D eigenvalue weighted by Crippen LogP contribution is -2.27. The quantitative estimate of drug-likeness (QED) is 0.166. The summed E-state index contributed by atoms with van der Waals surface area (Å²) in [4.78, 5) is 2.56. The van der Waals surface area contributed by atoms with Crippen LogP contribution in [-0.2, 0) is 27.1 Å². The van der Waals surface area contributed by atoms with Gasteiger partial charge < -0.3 is 4.90 Å². The van der Waals surface area contributed by atoms with E-state index in [4.69, 9.17) is 0 Å². The Balaban J connectivity index is 0.997. The summed E-state index contributed by atoms with van der Waals surface area (Å²) < 4.78 is 0. The minimum absolute atomic E-state index is 0.0315. The van der Waals surface area contributed by atoms with Gasteiger partial charge in [-0.25, -0.2) is 0 Å². The van der Waals surface area contributed by atoms with Crippen LogP contribution in [0.1, 0.15) is 125 Å². The predicted molar refractivity (Wildman–Crippen MR) is 321 cm³/mol. The normalized spacial score (nSPS) is 15.3. The molecule has 0 fully saturated rings. The molecule has 10 aromatic rings. The fraction of sp³-hybridized carbons (Fsp3) is 0.200. The van der Waals surface area contributed by atoms with Gasteiger partial charge in [-0.1, -0.05) is 245 Å². The van der Waals surface area contributed by atoms with E-state index >= 15 is 0 Å². The Morgan fingerprint density at radius 2 is 0.789 bits per heavy atom. The SMILES string of the molecule is CC(C)(C)c1ccc2c(c1)C1(c3cc(C(C)(C)C)ccc3-2)c2ccccc2-c2c(N(c3ccc(-c4ccc5c(c4)C(C)(C)c4ccccc4-5)cc3)c3cccc(-c4cccc5c4C(C)(C)c4ccccc4-5)c3)cccc21. The maximum Gasteiger partial charge on any atom is 0.0726 e. The standard InChI is InChI=1S/C75H65N/c1-71(2,3)49-35-40-57-58-41-36-50(72(4,5)6)45-67(58)75(66(57)44-49)63-29-16-13-24-60(63)69-64(75)30-19-31-68(69)76(51-37-32-46(33-38-51)47-34-39-56-54-22-11-14-27-61(54)73(7,8)65(56)43-47)52-21-17-20-48(42-52)53-25-18-26-59-55-23-12-15-28-62(55)74(9,10)70(53)59/h11-45H,1-10H3. The zero-order valence-corrected chi connectivity index (χ0v) is 45.7. The van der Waals surface area contributed by atoms with Gasteiger partial charge in [0, 0.05) is 27.8 Å². The van der Waals surface area contributed by atoms with Crippen LogP contribution in [0, 0.1) is 0 Å². The van der Waals surface area contributed by atoms with Gasteiger partial charge in [-0.15, -0.1) is 0 Å². The van der Waals surface area contributed by atoms with E-state index in [9.17, 15) is 0 Å². The molecule has 76 heavy (non-hydrogen) atoms. The molecule has 1 heteroatoms. The van der Waals surface area contributed by atoms with Crippen LogP contribution in [0.15, 0.2) is 212 Å². The fourth-order valence-corrected chi connectivity index (χ4v) is 14.3. The first-order chi connectivity index (χ1) is 36.5. The molecule has 0 radical (unpaired) electrons. The molecule has 0 amide bonds. The largest absolute Gasteiger partial charge is 0.310 e. The van der Waals surface area contributed by atoms with Crippen molar-refractivity contribution >= 4 is 17.1 Å². The Morgan fingerprint density at radius 3 is 1.45 bits per heavy atom. The van der Waals surface area contributed by atoms with Crippen molar-refractivity contribution < 1.29 is 0 Å². The van der Waals surface area contributed by atoms with E-state index in [1.165, 1.54) is 128 Å². The highest BCUT2D eigenvalue weighted by Gasteiger charge is 2.53. The van der Waals surface area contributed by atoms with Gasteiger partial charge in [-0.3, -0.25) is 0 Å². The van der Waals surface area contributed by atoms with Gasteiger partial charge in [0.25, 0.3) is 0 Å². The Kier molecular flexibility index (Phi) is 9.80. The van der Waals surface area contributed by atoms with Crippen molar-refractivity contribution in [3.05, 3.63) is 268 Å². The zero-order chi connectivity index (χ0) is 52.3. The van der Waals surface area contributed by atoms with Crippen molar-refractivity contribution in [2.75, 3.05) is 4.90 Å². The van der Waals surface area contributed by atoms with Crippen molar-refractivity contribution in [2.24, 2.45) is 0 Å². The smallest absolute Gasteiger partial charge is 0.0726 e. The number of rotatable bonds is 5. The molecule has 4 aliphatic rings. The molecule has 0 saturated carbocycles. The van der Waals surface area contributed by atoms with Crippen LogP contribution in [0.4, 0.5) is 17.1 Å². The second kappa shape index (κ2) is 16.0. The van der Waals surface area contributed by atoms with E-state index in [0.29, 0.717) is 0 Å². The Bertz CT molecular complexity index is 4000. The average Bonchev–Trinajstić information content (AvgIpc) is 4.08. The Morgan fingerprint density at radius 1 is 0.303 bits per heavy atom. The molecule has 10 aromatic carbocycles. The highest BCUT2D eigenvalue weighted by atomic mass is 15.1. The summed E-state index contributed by atoms with van der Waals surface area (Å²) in [6.07, 6.45) is 0. The van der Waals surface area contributed by atoms with E-state index in [1.807, 2.05) is 0 Å². The van der Waals surface area contributed by atoms with Crippen LogP contribution in [0.5, 0.6) is 0 Å². The average molecular weight is 980 g/mol. The van der Waals surface area contributed by atoms with E-state index in [0.717, 1.165) is 11.4 Å². The molecule has 0 heterocycles. The lowest BCUT2D eigenvalue weighted by Gasteiger charge is -2.33. The van der Waals surface area contributed by atoms with Crippen LogP contribution in [0.2, 0.25) is 0 Å². The van der Waals surface area contributed by atoms with E-state index in [2.05, 4.69) is 286 Å². The van der Waals surface area contributed by atoms with E-state index < -0.39 is 5.41 Å². The molecule has 1 nitrogen and oxygen atoms in total. The molecule has 4 aliphatic carbocycles. The summed E-state index contributed by atoms with van der Waals surface area (Å²) in [5.41, 5.74) is 31.8. The summed E-state index contributed by atoms with van der Waals surface area (Å²) in [6, 6.07) is 81.9. The third-order valence-electron chi connectivity index (χ3n) is 18.2. The van der Waals surface area contributed by atoms with E-state index in [-0.39, 0.29) is 21.7 Å². The molecule has 370 valence electrons. The van der Waals surface area contributed by atoms with Crippen LogP contribution >= 0.6 is 0 Å². The second-order valence-electron chi connectivity index (χ2n) is 25.3. The van der Waals surface area contributed by atoms with Crippen LogP contribution in [0.25, 0.3) is 66.8 Å². The molecular weight excluding hydrogens is 915 g/mol. The molecule has 0 bridgehead atoms. The molecule has 1 spiro atoms. The van der Waals surface area contributed by atoms with Gasteiger partial charge in [0.1, 0.15) is 0 Å². The molecule has 0 saturated heterocycles. The number of benzene rings is 10. The van der Waals surface area contributed by atoms with Gasteiger partial charge in [-0.05, 0) is 164 Å². The molecular formula is C75H65N. The highest BCUT2D eigenvalue weighted by Crippen LogP contribution is 2.66. The first-order valence-corrected chi connectivity index (χ1v) is 27.5. The van der Waals surface area contributed by atoms with Crippen molar-refractivity contribution in [1.29, 1.82) is 0 Å². The topological polar surface area (TPSA) is 3.24 Å². The van der Waals surface area contributed by atoms with Crippen molar-refractivity contribution in [3.8, 4) is 66.8 Å². The summed E-state index contributed by atoms with van der Waals surface area (Å²) in [7, 11) is 0. The zero-order valence-electron chi connectivity index (χ0n) is 45.7. The fourth-order valence-electron chi connectivity index (χ4n) is 14.3. The Labute approximate surface area is 450 Å². The van der Waals surface area contributed by atoms with Gasteiger partial charge in [0.05, 0.1) is 11.1 Å². The summed E-state index contributed by atoms with van der Waals surface area (Å²) in [5, 5.41) is 0. The lowest BCUT2D eigenvalue weighted by atomic mass is 9.69. The molecule has 0 unspecified atom stereocenters. The summed E-state index contributed by atoms with van der Waals surface area (Å²) in [6.45, 7) is 23.6. The number of fused-ring (bicyclic) bond motifs is 16. The van der Waals surface area contributed by atoms with Gasteiger partial charge in [0.2, 0.25) is 0 Å². The maximum absolute atomic E-state index is 2.56. The van der Waals surface area contributed by atoms with Gasteiger partial charge >= 0.3 is 0 Å². The third kappa shape index (κ3) is 6.45. The lowest BCUT2D eigenvalue weighted by molar-refractivity contribution is 0.586. The molecule has 0 atom stereocenters. The minimum atomic E-state index is -0.529. The predicted octanol–water partition coefficient (Wildman–Crippen LogP) is 20.0. The Hall–Kier alpha value is -8.00. The van der Waals surface area contributed by atoms with Crippen molar-refractivity contribution in [2.45, 2.75) is 96.3 Å². The first-order valence-electron chi connectivity index (χ1n) is 27.5. The van der Waals surface area contributed by atoms with Crippen molar-refractivity contribution in [1.82, 2.24) is 0 Å². The molecule has 0 aromatic heterocycles. The maximum atomic E-state index is 2.56. The minimum Gasteiger partial charge on any atom is -0.310 e. The van der Waals surface area contributed by atoms with Crippen molar-refractivity contribution in [3.63, 3.8) is 0 Å². The number of nitrogens with zero attached hydrogens (tertiary/aromatic N) is 1. The van der Waals surface area contributed by atoms with Gasteiger partial charge in [-0.2, -0.15) is 0 Å². The van der Waals surface area contributed by atoms with Gasteiger partial charge in [0.15, 0.2) is 0 Å². The first kappa shape index (κ1) is 46.5.